The third-order valence-electron chi connectivity index (χ3n) is 5.66. The van der Waals surface area contributed by atoms with Crippen molar-refractivity contribution in [3.63, 3.8) is 0 Å². The molecular weight excluding hydrogens is 348 g/mol. The topological polar surface area (TPSA) is 65.7 Å². The lowest BCUT2D eigenvalue weighted by Crippen LogP contribution is -2.20. The monoisotopic (exact) mass is 366 g/mol. The highest BCUT2D eigenvalue weighted by Crippen LogP contribution is 2.40. The standard InChI is InChI=1S/C24H18N2O2/c1-13-14(2)24(28)22(18-12-26-20-10-6-4-8-16(18)20)21(23(13)27)17-11-25-19-9-5-3-7-15(17)19/h3-12,25-26H,1-2H3. The molecule has 2 N–H and O–H groups in total. The summed E-state index contributed by atoms with van der Waals surface area (Å²) in [6, 6.07) is 15.6. The van der Waals surface area contributed by atoms with E-state index in [1.54, 1.807) is 13.8 Å². The van der Waals surface area contributed by atoms with E-state index >= 15 is 0 Å². The van der Waals surface area contributed by atoms with Gasteiger partial charge in [0.15, 0.2) is 11.6 Å². The van der Waals surface area contributed by atoms with Crippen molar-refractivity contribution in [3.8, 4) is 0 Å². The van der Waals surface area contributed by atoms with Crippen molar-refractivity contribution in [3.05, 3.63) is 83.2 Å². The summed E-state index contributed by atoms with van der Waals surface area (Å²) in [4.78, 5) is 33.2. The molecule has 0 aliphatic heterocycles. The molecule has 0 unspecified atom stereocenters. The summed E-state index contributed by atoms with van der Waals surface area (Å²) in [6.07, 6.45) is 3.65. The summed E-state index contributed by atoms with van der Waals surface area (Å²) in [6.45, 7) is 3.47. The number of fused-ring (bicyclic) bond motifs is 2. The highest BCUT2D eigenvalue weighted by molar-refractivity contribution is 6.52. The van der Waals surface area contributed by atoms with Crippen molar-refractivity contribution in [2.24, 2.45) is 0 Å². The number of H-pyrrole nitrogens is 2. The molecule has 4 nitrogen and oxygen atoms in total. The Morgan fingerprint density at radius 2 is 1.00 bits per heavy atom. The third kappa shape index (κ3) is 2.18. The van der Waals surface area contributed by atoms with Crippen LogP contribution in [0, 0.1) is 0 Å². The number of hydrogen-bond acceptors (Lipinski definition) is 2. The van der Waals surface area contributed by atoms with Gasteiger partial charge in [0.05, 0.1) is 0 Å². The molecule has 4 heteroatoms. The minimum atomic E-state index is -0.0952. The first kappa shape index (κ1) is 16.5. The van der Waals surface area contributed by atoms with E-state index in [0.717, 1.165) is 32.9 Å². The molecule has 0 amide bonds. The molecule has 0 saturated heterocycles. The van der Waals surface area contributed by atoms with Crippen LogP contribution in [0.25, 0.3) is 33.0 Å². The Balaban J connectivity index is 1.90. The van der Waals surface area contributed by atoms with E-state index < -0.39 is 0 Å². The van der Waals surface area contributed by atoms with Crippen LogP contribution in [0.15, 0.2) is 72.1 Å². The van der Waals surface area contributed by atoms with Crippen LogP contribution in [-0.4, -0.2) is 21.5 Å². The van der Waals surface area contributed by atoms with Gasteiger partial charge in [-0.15, -0.1) is 0 Å². The molecule has 28 heavy (non-hydrogen) atoms. The zero-order chi connectivity index (χ0) is 19.4. The van der Waals surface area contributed by atoms with Crippen LogP contribution in [0.2, 0.25) is 0 Å². The number of Topliss-reactive ketones (excluding diaryl/α,β-unsaturated/α-hetero) is 2. The van der Waals surface area contributed by atoms with E-state index in [1.807, 2.05) is 60.9 Å². The summed E-state index contributed by atoms with van der Waals surface area (Å²) < 4.78 is 0. The number of ketones is 2. The van der Waals surface area contributed by atoms with Gasteiger partial charge in [-0.25, -0.2) is 0 Å². The van der Waals surface area contributed by atoms with E-state index in [-0.39, 0.29) is 11.6 Å². The van der Waals surface area contributed by atoms with Gasteiger partial charge in [-0.2, -0.15) is 0 Å². The SMILES string of the molecule is CC1=C(C)C(=O)C(c2c[nH]c3ccccc23)=C(c2c[nH]c3ccccc23)C1=O. The van der Waals surface area contributed by atoms with Gasteiger partial charge < -0.3 is 9.97 Å². The summed E-state index contributed by atoms with van der Waals surface area (Å²) in [5.41, 5.74) is 5.36. The second-order valence-corrected chi connectivity index (χ2v) is 7.15. The smallest absolute Gasteiger partial charge is 0.190 e. The van der Waals surface area contributed by atoms with Crippen LogP contribution in [0.3, 0.4) is 0 Å². The lowest BCUT2D eigenvalue weighted by atomic mass is 9.79. The van der Waals surface area contributed by atoms with Crippen molar-refractivity contribution in [2.45, 2.75) is 13.8 Å². The van der Waals surface area contributed by atoms with Crippen LogP contribution in [0.5, 0.6) is 0 Å². The number of para-hydroxylation sites is 2. The van der Waals surface area contributed by atoms with Crippen molar-refractivity contribution < 1.29 is 9.59 Å². The molecule has 0 atom stereocenters. The minimum Gasteiger partial charge on any atom is -0.361 e. The predicted octanol–water partition coefficient (Wildman–Crippen LogP) is 5.05. The molecule has 0 fully saturated rings. The molecule has 5 rings (SSSR count). The molecule has 0 bridgehead atoms. The highest BCUT2D eigenvalue weighted by atomic mass is 16.1. The van der Waals surface area contributed by atoms with Crippen LogP contribution in [0.1, 0.15) is 25.0 Å². The number of aromatic nitrogens is 2. The van der Waals surface area contributed by atoms with Gasteiger partial charge in [0.2, 0.25) is 0 Å². The number of carbonyl (C=O) groups excluding carboxylic acids is 2. The van der Waals surface area contributed by atoms with Crippen LogP contribution in [-0.2, 0) is 9.59 Å². The number of benzene rings is 2. The maximum atomic E-state index is 13.4. The zero-order valence-corrected chi connectivity index (χ0v) is 15.6. The van der Waals surface area contributed by atoms with E-state index in [4.69, 9.17) is 0 Å². The largest absolute Gasteiger partial charge is 0.361 e. The third-order valence-corrected chi connectivity index (χ3v) is 5.66. The summed E-state index contributed by atoms with van der Waals surface area (Å²) in [5.74, 6) is -0.190. The Hall–Kier alpha value is -3.66. The Kier molecular flexibility index (Phi) is 3.49. The second-order valence-electron chi connectivity index (χ2n) is 7.15. The van der Waals surface area contributed by atoms with Gasteiger partial charge in [-0.1, -0.05) is 36.4 Å². The maximum absolute atomic E-state index is 13.4. The number of hydrogen-bond donors (Lipinski definition) is 2. The minimum absolute atomic E-state index is 0.0952. The van der Waals surface area contributed by atoms with Crippen molar-refractivity contribution in [2.75, 3.05) is 0 Å². The fourth-order valence-electron chi connectivity index (χ4n) is 4.01. The second kappa shape index (κ2) is 5.92. The molecule has 2 heterocycles. The Bertz CT molecular complexity index is 1260. The first-order valence-corrected chi connectivity index (χ1v) is 9.22. The van der Waals surface area contributed by atoms with Crippen molar-refractivity contribution in [1.29, 1.82) is 0 Å². The zero-order valence-electron chi connectivity index (χ0n) is 15.6. The van der Waals surface area contributed by atoms with E-state index in [2.05, 4.69) is 9.97 Å². The first-order chi connectivity index (χ1) is 13.6. The molecule has 2 aromatic heterocycles. The summed E-state index contributed by atoms with van der Waals surface area (Å²) in [7, 11) is 0. The fourth-order valence-corrected chi connectivity index (χ4v) is 4.01. The Labute approximate surface area is 161 Å². The average molecular weight is 366 g/mol. The normalized spacial score (nSPS) is 15.4. The lowest BCUT2D eigenvalue weighted by molar-refractivity contribution is -0.113. The van der Waals surface area contributed by atoms with Gasteiger partial charge in [-0.05, 0) is 26.0 Å². The molecule has 1 aliphatic rings. The van der Waals surface area contributed by atoms with Gasteiger partial charge in [0, 0.05) is 67.6 Å². The molecule has 1 aliphatic carbocycles. The number of carbonyl (C=O) groups is 2. The van der Waals surface area contributed by atoms with E-state index in [0.29, 0.717) is 22.3 Å². The van der Waals surface area contributed by atoms with Gasteiger partial charge in [0.25, 0.3) is 0 Å². The number of allylic oxidation sites excluding steroid dienone is 4. The lowest BCUT2D eigenvalue weighted by Gasteiger charge is -2.20. The van der Waals surface area contributed by atoms with Crippen LogP contribution >= 0.6 is 0 Å². The number of nitrogens with one attached hydrogen (secondary N) is 2. The molecule has 136 valence electrons. The van der Waals surface area contributed by atoms with Crippen molar-refractivity contribution in [1.82, 2.24) is 9.97 Å². The van der Waals surface area contributed by atoms with Gasteiger partial charge in [0.1, 0.15) is 0 Å². The average Bonchev–Trinajstić information content (AvgIpc) is 3.33. The molecule has 0 radical (unpaired) electrons. The molecule has 4 aromatic rings. The predicted molar refractivity (Wildman–Crippen MR) is 112 cm³/mol. The van der Waals surface area contributed by atoms with Gasteiger partial charge >= 0.3 is 0 Å². The number of aromatic amines is 2. The Morgan fingerprint density at radius 1 is 0.607 bits per heavy atom. The van der Waals surface area contributed by atoms with E-state index in [1.165, 1.54) is 0 Å². The Morgan fingerprint density at radius 3 is 1.43 bits per heavy atom. The van der Waals surface area contributed by atoms with E-state index in [9.17, 15) is 9.59 Å². The van der Waals surface area contributed by atoms with Crippen molar-refractivity contribution >= 4 is 44.5 Å². The quantitative estimate of drug-likeness (QED) is 0.488. The molecule has 0 saturated carbocycles. The highest BCUT2D eigenvalue weighted by Gasteiger charge is 2.34. The summed E-state index contributed by atoms with van der Waals surface area (Å²) >= 11 is 0. The number of rotatable bonds is 2. The van der Waals surface area contributed by atoms with Gasteiger partial charge in [-0.3, -0.25) is 9.59 Å². The molecule has 2 aromatic carbocycles. The summed E-state index contributed by atoms with van der Waals surface area (Å²) in [5, 5.41) is 1.87. The maximum Gasteiger partial charge on any atom is 0.190 e. The molecule has 0 spiro atoms. The fraction of sp³-hybridized carbons (Fsp3) is 0.0833. The molecular formula is C24H18N2O2. The van der Waals surface area contributed by atoms with Crippen LogP contribution in [0.4, 0.5) is 0 Å². The first-order valence-electron chi connectivity index (χ1n) is 9.22. The van der Waals surface area contributed by atoms with Crippen LogP contribution < -0.4 is 0 Å².